The maximum absolute atomic E-state index is 11.6. The Morgan fingerprint density at radius 2 is 2.06 bits per heavy atom. The number of aromatic amines is 3. The second kappa shape index (κ2) is 3.57. The lowest BCUT2D eigenvalue weighted by molar-refractivity contribution is 1.07. The van der Waals surface area contributed by atoms with Gasteiger partial charge in [0.1, 0.15) is 5.52 Å². The van der Waals surface area contributed by atoms with Crippen LogP contribution in [0.3, 0.4) is 0 Å². The number of nitrogens with zero attached hydrogens (tertiary/aromatic N) is 1. The van der Waals surface area contributed by atoms with Crippen molar-refractivity contribution in [1.29, 1.82) is 0 Å². The number of fused-ring (bicyclic) bond motifs is 1. The molecule has 92 valence electrons. The molecule has 0 aromatic carbocycles. The average molecular weight is 263 g/mol. The molecule has 0 aliphatic heterocycles. The molecule has 0 atom stereocenters. The Morgan fingerprint density at radius 1 is 1.28 bits per heavy atom. The number of hydrogen-bond acceptors (Lipinski definition) is 5. The first-order valence-electron chi connectivity index (χ1n) is 5.13. The first kappa shape index (κ1) is 10.8. The number of thiophene rings is 1. The maximum Gasteiger partial charge on any atom is 0.327 e. The summed E-state index contributed by atoms with van der Waals surface area (Å²) in [6.07, 6.45) is 0. The Labute approximate surface area is 104 Å². The van der Waals surface area contributed by atoms with Gasteiger partial charge in [0.05, 0.1) is 9.88 Å². The van der Waals surface area contributed by atoms with Gasteiger partial charge < -0.3 is 10.7 Å². The van der Waals surface area contributed by atoms with Crippen LogP contribution >= 0.6 is 11.3 Å². The fourth-order valence-corrected chi connectivity index (χ4v) is 2.67. The summed E-state index contributed by atoms with van der Waals surface area (Å²) in [5.74, 6) is 0.525. The van der Waals surface area contributed by atoms with Crippen LogP contribution in [0.1, 0.15) is 5.56 Å². The highest BCUT2D eigenvalue weighted by Gasteiger charge is 2.13. The molecule has 0 saturated carbocycles. The second-order valence-electron chi connectivity index (χ2n) is 3.88. The normalized spacial score (nSPS) is 11.2. The van der Waals surface area contributed by atoms with Crippen LogP contribution in [0.5, 0.6) is 0 Å². The van der Waals surface area contributed by atoms with Crippen LogP contribution in [-0.4, -0.2) is 19.9 Å². The van der Waals surface area contributed by atoms with Gasteiger partial charge in [-0.2, -0.15) is 0 Å². The standard InChI is InChI=1S/C10H9N5O2S/c1-3-2-4(11)18-6(3)8-12-5-7(13-8)14-10(17)15-9(5)16/h2H,11H2,1H3,(H3,12,13,14,15,16,17). The molecule has 0 aliphatic rings. The highest BCUT2D eigenvalue weighted by atomic mass is 32.1. The highest BCUT2D eigenvalue weighted by Crippen LogP contribution is 2.32. The van der Waals surface area contributed by atoms with Crippen LogP contribution in [0.15, 0.2) is 15.7 Å². The van der Waals surface area contributed by atoms with Gasteiger partial charge in [-0.1, -0.05) is 0 Å². The van der Waals surface area contributed by atoms with Gasteiger partial charge in [-0.15, -0.1) is 11.3 Å². The van der Waals surface area contributed by atoms with Crippen molar-refractivity contribution in [2.45, 2.75) is 6.92 Å². The number of aromatic nitrogens is 4. The minimum atomic E-state index is -0.576. The van der Waals surface area contributed by atoms with Crippen molar-refractivity contribution in [3.8, 4) is 10.7 Å². The molecule has 3 aromatic rings. The lowest BCUT2D eigenvalue weighted by Gasteiger charge is -1.91. The van der Waals surface area contributed by atoms with Crippen molar-refractivity contribution in [3.63, 3.8) is 0 Å². The molecule has 3 aromatic heterocycles. The molecule has 0 fully saturated rings. The van der Waals surface area contributed by atoms with E-state index in [0.29, 0.717) is 10.8 Å². The molecule has 0 radical (unpaired) electrons. The molecular formula is C10H9N5O2S. The maximum atomic E-state index is 11.6. The molecule has 0 spiro atoms. The van der Waals surface area contributed by atoms with Gasteiger partial charge in [-0.3, -0.25) is 14.8 Å². The number of imidazole rings is 1. The monoisotopic (exact) mass is 263 g/mol. The average Bonchev–Trinajstić information content (AvgIpc) is 2.81. The Balaban J connectivity index is 2.32. The molecule has 0 unspecified atom stereocenters. The molecule has 0 bridgehead atoms. The third kappa shape index (κ3) is 1.54. The minimum Gasteiger partial charge on any atom is -0.391 e. The zero-order chi connectivity index (χ0) is 12.9. The summed E-state index contributed by atoms with van der Waals surface area (Å²) < 4.78 is 0. The number of nitrogen functional groups attached to an aromatic ring is 1. The van der Waals surface area contributed by atoms with E-state index in [1.165, 1.54) is 11.3 Å². The van der Waals surface area contributed by atoms with E-state index < -0.39 is 11.2 Å². The van der Waals surface area contributed by atoms with E-state index in [9.17, 15) is 9.59 Å². The van der Waals surface area contributed by atoms with Crippen LogP contribution in [0.4, 0.5) is 5.00 Å². The summed E-state index contributed by atoms with van der Waals surface area (Å²) in [5, 5.41) is 0.672. The van der Waals surface area contributed by atoms with Gasteiger partial charge in [-0.05, 0) is 18.6 Å². The summed E-state index contributed by atoms with van der Waals surface area (Å²) in [4.78, 5) is 35.3. The van der Waals surface area contributed by atoms with Crippen LogP contribution < -0.4 is 17.0 Å². The van der Waals surface area contributed by atoms with Crippen LogP contribution in [-0.2, 0) is 0 Å². The molecular weight excluding hydrogens is 254 g/mol. The van der Waals surface area contributed by atoms with E-state index in [-0.39, 0.29) is 11.2 Å². The van der Waals surface area contributed by atoms with Gasteiger partial charge in [0, 0.05) is 0 Å². The molecule has 18 heavy (non-hydrogen) atoms. The summed E-state index contributed by atoms with van der Waals surface area (Å²) in [6.45, 7) is 1.91. The summed E-state index contributed by atoms with van der Waals surface area (Å²) >= 11 is 1.37. The van der Waals surface area contributed by atoms with Crippen molar-refractivity contribution >= 4 is 27.5 Å². The highest BCUT2D eigenvalue weighted by molar-refractivity contribution is 7.19. The first-order valence-corrected chi connectivity index (χ1v) is 5.95. The zero-order valence-electron chi connectivity index (χ0n) is 9.33. The largest absolute Gasteiger partial charge is 0.391 e. The molecule has 0 amide bonds. The van der Waals surface area contributed by atoms with Gasteiger partial charge >= 0.3 is 5.69 Å². The van der Waals surface area contributed by atoms with Crippen LogP contribution in [0, 0.1) is 6.92 Å². The number of rotatable bonds is 1. The quantitative estimate of drug-likeness (QED) is 0.512. The minimum absolute atomic E-state index is 0.241. The predicted octanol–water partition coefficient (Wildman–Crippen LogP) is 0.559. The van der Waals surface area contributed by atoms with Crippen molar-refractivity contribution < 1.29 is 0 Å². The third-order valence-corrected chi connectivity index (χ3v) is 3.61. The van der Waals surface area contributed by atoms with Crippen molar-refractivity contribution in [1.82, 2.24) is 19.9 Å². The molecule has 7 nitrogen and oxygen atoms in total. The van der Waals surface area contributed by atoms with E-state index in [4.69, 9.17) is 5.73 Å². The van der Waals surface area contributed by atoms with Crippen molar-refractivity contribution in [3.05, 3.63) is 32.5 Å². The van der Waals surface area contributed by atoms with E-state index >= 15 is 0 Å². The number of hydrogen-bond donors (Lipinski definition) is 4. The van der Waals surface area contributed by atoms with Crippen LogP contribution in [0.2, 0.25) is 0 Å². The predicted molar refractivity (Wildman–Crippen MR) is 69.8 cm³/mol. The summed E-state index contributed by atoms with van der Waals surface area (Å²) in [6, 6.07) is 1.83. The Morgan fingerprint density at radius 3 is 2.72 bits per heavy atom. The molecule has 8 heteroatoms. The molecule has 3 rings (SSSR count). The second-order valence-corrected chi connectivity index (χ2v) is 4.96. The summed E-state index contributed by atoms with van der Waals surface area (Å²) in [7, 11) is 0. The molecule has 0 aliphatic carbocycles. The number of nitrogens with two attached hydrogens (primary N) is 1. The van der Waals surface area contributed by atoms with Crippen molar-refractivity contribution in [2.24, 2.45) is 0 Å². The fraction of sp³-hybridized carbons (Fsp3) is 0.100. The molecule has 3 heterocycles. The topological polar surface area (TPSA) is 120 Å². The lowest BCUT2D eigenvalue weighted by Crippen LogP contribution is -2.21. The number of aryl methyl sites for hydroxylation is 1. The van der Waals surface area contributed by atoms with Gasteiger partial charge in [-0.25, -0.2) is 9.78 Å². The molecule has 0 saturated heterocycles. The Hall–Kier alpha value is -2.35. The van der Waals surface area contributed by atoms with E-state index in [1.54, 1.807) is 0 Å². The fourth-order valence-electron chi connectivity index (χ4n) is 1.78. The first-order chi connectivity index (χ1) is 8.54. The SMILES string of the molecule is Cc1cc(N)sc1-c1nc2[nH]c(=O)[nH]c(=O)c2[nH]1. The van der Waals surface area contributed by atoms with Crippen LogP contribution in [0.25, 0.3) is 21.9 Å². The van der Waals surface area contributed by atoms with Gasteiger partial charge in [0.15, 0.2) is 11.5 Å². The van der Waals surface area contributed by atoms with E-state index in [0.717, 1.165) is 10.4 Å². The summed E-state index contributed by atoms with van der Waals surface area (Å²) in [5.41, 5.74) is 6.10. The number of anilines is 1. The smallest absolute Gasteiger partial charge is 0.327 e. The number of nitrogens with one attached hydrogen (secondary N) is 3. The number of H-pyrrole nitrogens is 3. The molecule has 5 N–H and O–H groups in total. The third-order valence-electron chi connectivity index (χ3n) is 2.54. The van der Waals surface area contributed by atoms with Gasteiger partial charge in [0.2, 0.25) is 0 Å². The van der Waals surface area contributed by atoms with E-state index in [1.807, 2.05) is 13.0 Å². The van der Waals surface area contributed by atoms with E-state index in [2.05, 4.69) is 19.9 Å². The Kier molecular flexibility index (Phi) is 2.14. The zero-order valence-corrected chi connectivity index (χ0v) is 10.1. The van der Waals surface area contributed by atoms with Crippen molar-refractivity contribution in [2.75, 3.05) is 5.73 Å². The van der Waals surface area contributed by atoms with Gasteiger partial charge in [0.25, 0.3) is 5.56 Å². The Bertz CT molecular complexity index is 853. The lowest BCUT2D eigenvalue weighted by atomic mass is 10.3.